The van der Waals surface area contributed by atoms with Crippen molar-refractivity contribution in [2.75, 3.05) is 0 Å². The van der Waals surface area contributed by atoms with Gasteiger partial charge in [-0.3, -0.25) is 9.59 Å². The van der Waals surface area contributed by atoms with E-state index in [1.165, 1.54) is 18.2 Å². The highest BCUT2D eigenvalue weighted by atomic mass is 32.2. The van der Waals surface area contributed by atoms with Crippen LogP contribution in [0.15, 0.2) is 114 Å². The van der Waals surface area contributed by atoms with Gasteiger partial charge in [-0.2, -0.15) is 0 Å². The minimum absolute atomic E-state index is 0.0839. The van der Waals surface area contributed by atoms with Gasteiger partial charge in [0.15, 0.2) is 0 Å². The van der Waals surface area contributed by atoms with E-state index >= 15 is 0 Å². The van der Waals surface area contributed by atoms with Crippen LogP contribution in [0.5, 0.6) is 0 Å². The number of fused-ring (bicyclic) bond motifs is 1. The molecule has 2 nitrogen and oxygen atoms in total. The summed E-state index contributed by atoms with van der Waals surface area (Å²) in [6, 6.07) is 24.6. The van der Waals surface area contributed by atoms with Gasteiger partial charge >= 0.3 is 0 Å². The second-order valence-electron chi connectivity index (χ2n) is 7.19. The third-order valence-corrected chi connectivity index (χ3v) is 6.78. The zero-order chi connectivity index (χ0) is 23.4. The van der Waals surface area contributed by atoms with Crippen LogP contribution in [0.3, 0.4) is 0 Å². The van der Waals surface area contributed by atoms with Gasteiger partial charge in [-0.05, 0) is 99.5 Å². The lowest BCUT2D eigenvalue weighted by molar-refractivity contribution is -0.107. The maximum atomic E-state index is 14.7. The molecule has 0 heterocycles. The average molecular weight is 471 g/mol. The Hall–Kier alpha value is -3.41. The molecule has 4 aromatic carbocycles. The summed E-state index contributed by atoms with van der Waals surface area (Å²) in [7, 11) is 0. The summed E-state index contributed by atoms with van der Waals surface area (Å²) in [5.41, 5.74) is 3.36. The largest absolute Gasteiger partial charge is 0.282 e. The van der Waals surface area contributed by atoms with Gasteiger partial charge in [-0.1, -0.05) is 55.6 Å². The molecule has 0 spiro atoms. The molecule has 0 amide bonds. The molecular weight excluding hydrogens is 451 g/mol. The molecule has 0 unspecified atom stereocenters. The summed E-state index contributed by atoms with van der Waals surface area (Å²) in [5.74, 6) is -0.374. The van der Waals surface area contributed by atoms with E-state index in [1.54, 1.807) is 12.1 Å². The Bertz CT molecular complexity index is 1390. The van der Waals surface area contributed by atoms with Crippen molar-refractivity contribution < 1.29 is 14.0 Å². The molecule has 0 aliphatic rings. The number of rotatable bonds is 6. The number of carbonyl (C=O) groups excluding carboxylic acids is 2. The normalized spacial score (nSPS) is 10.7. The van der Waals surface area contributed by atoms with Crippen LogP contribution in [0, 0.1) is 5.82 Å². The first kappa shape index (κ1) is 22.8. The number of hydrogen-bond donors (Lipinski definition) is 0. The summed E-state index contributed by atoms with van der Waals surface area (Å²) in [6.07, 6.45) is 2.52. The zero-order valence-electron chi connectivity index (χ0n) is 17.6. The predicted molar refractivity (Wildman–Crippen MR) is 137 cm³/mol. The molecule has 0 aliphatic heterocycles. The number of hydrogen-bond acceptors (Lipinski definition) is 4. The molecule has 162 valence electrons. The molecule has 0 N–H and O–H groups in total. The van der Waals surface area contributed by atoms with Gasteiger partial charge in [-0.25, -0.2) is 4.39 Å². The van der Waals surface area contributed by atoms with E-state index in [0.717, 1.165) is 55.9 Å². The van der Waals surface area contributed by atoms with Crippen molar-refractivity contribution in [3.05, 3.63) is 110 Å². The molecule has 0 aromatic heterocycles. The monoisotopic (exact) mass is 470 g/mol. The quantitative estimate of drug-likeness (QED) is 0.212. The van der Waals surface area contributed by atoms with Crippen LogP contribution in [0.25, 0.3) is 33.0 Å². The lowest BCUT2D eigenvalue weighted by atomic mass is 9.97. The van der Waals surface area contributed by atoms with Crippen LogP contribution < -0.4 is 0 Å². The molecule has 4 aromatic rings. The fourth-order valence-electron chi connectivity index (χ4n) is 3.42. The van der Waals surface area contributed by atoms with Gasteiger partial charge in [0.25, 0.3) is 0 Å². The van der Waals surface area contributed by atoms with E-state index in [2.05, 4.69) is 19.2 Å². The fraction of sp³-hybridized carbons (Fsp3) is 0. The van der Waals surface area contributed by atoms with Crippen molar-refractivity contribution in [1.29, 1.82) is 0 Å². The third kappa shape index (κ3) is 5.33. The Morgan fingerprint density at radius 1 is 0.636 bits per heavy atom. The van der Waals surface area contributed by atoms with E-state index < -0.39 is 0 Å². The summed E-state index contributed by atoms with van der Waals surface area (Å²) in [4.78, 5) is 24.4. The third-order valence-electron chi connectivity index (χ3n) is 5.05. The molecule has 0 saturated carbocycles. The minimum atomic E-state index is -0.374. The van der Waals surface area contributed by atoms with Crippen molar-refractivity contribution in [3.8, 4) is 22.3 Å². The fourth-order valence-corrected chi connectivity index (χ4v) is 4.62. The van der Waals surface area contributed by atoms with Gasteiger partial charge in [0.05, 0.1) is 0 Å². The van der Waals surface area contributed by atoms with Gasteiger partial charge in [0, 0.05) is 15.4 Å². The first-order valence-corrected chi connectivity index (χ1v) is 11.7. The van der Waals surface area contributed by atoms with Crippen LogP contribution in [-0.4, -0.2) is 10.2 Å². The minimum Gasteiger partial charge on any atom is -0.282 e. The average Bonchev–Trinajstić information content (AvgIpc) is 2.84. The molecule has 0 bridgehead atoms. The summed E-state index contributed by atoms with van der Waals surface area (Å²) < 4.78 is 14.7. The first-order valence-electron chi connectivity index (χ1n) is 10.1. The first-order chi connectivity index (χ1) is 16.0. The number of halogens is 1. The van der Waals surface area contributed by atoms with Crippen LogP contribution in [0.4, 0.5) is 4.39 Å². The Labute approximate surface area is 200 Å². The molecule has 0 saturated heterocycles. The highest BCUT2D eigenvalue weighted by Gasteiger charge is 2.10. The second-order valence-corrected chi connectivity index (χ2v) is 9.35. The maximum Gasteiger partial charge on any atom is 0.216 e. The summed E-state index contributed by atoms with van der Waals surface area (Å²) >= 11 is 2.09. The van der Waals surface area contributed by atoms with Crippen LogP contribution in [0.2, 0.25) is 0 Å². The molecule has 0 radical (unpaired) electrons. The van der Waals surface area contributed by atoms with Crippen LogP contribution >= 0.6 is 23.5 Å². The number of benzene rings is 4. The topological polar surface area (TPSA) is 34.1 Å². The van der Waals surface area contributed by atoms with Crippen molar-refractivity contribution in [2.24, 2.45) is 0 Å². The lowest BCUT2D eigenvalue weighted by Gasteiger charge is -2.09. The standard InChI is InChI=1S/C28H19FO2S2/c1-3-27(30)32-23-11-9-18(10-12-23)19-5-6-21-16-22(8-7-20(21)15-19)25-14-13-24(17-26(25)29)33-28(31)4-2/h3-17H,1-2H2. The van der Waals surface area contributed by atoms with Gasteiger partial charge < -0.3 is 0 Å². The lowest BCUT2D eigenvalue weighted by Crippen LogP contribution is -1.89. The maximum absolute atomic E-state index is 14.7. The van der Waals surface area contributed by atoms with Gasteiger partial charge in [-0.15, -0.1) is 0 Å². The van der Waals surface area contributed by atoms with Crippen molar-refractivity contribution in [3.63, 3.8) is 0 Å². The Balaban J connectivity index is 1.59. The van der Waals surface area contributed by atoms with E-state index in [4.69, 9.17) is 0 Å². The van der Waals surface area contributed by atoms with Crippen molar-refractivity contribution in [2.45, 2.75) is 9.79 Å². The molecular formula is C28H19FO2S2. The Morgan fingerprint density at radius 3 is 1.76 bits per heavy atom. The molecule has 0 aliphatic carbocycles. The highest BCUT2D eigenvalue weighted by Crippen LogP contribution is 2.32. The van der Waals surface area contributed by atoms with E-state index in [1.807, 2.05) is 54.6 Å². The molecule has 4 rings (SSSR count). The molecule has 5 heteroatoms. The second kappa shape index (κ2) is 10.0. The number of thioether (sulfide) groups is 2. The van der Waals surface area contributed by atoms with Crippen molar-refractivity contribution >= 4 is 44.5 Å². The van der Waals surface area contributed by atoms with E-state index in [-0.39, 0.29) is 16.0 Å². The Morgan fingerprint density at radius 2 is 1.15 bits per heavy atom. The number of carbonyl (C=O) groups is 2. The van der Waals surface area contributed by atoms with Gasteiger partial charge in [0.1, 0.15) is 5.82 Å². The predicted octanol–water partition coefficient (Wildman–Crippen LogP) is 7.92. The Kier molecular flexibility index (Phi) is 6.92. The van der Waals surface area contributed by atoms with E-state index in [0.29, 0.717) is 10.5 Å². The zero-order valence-corrected chi connectivity index (χ0v) is 19.2. The summed E-state index contributed by atoms with van der Waals surface area (Å²) in [5, 5.41) is 1.74. The van der Waals surface area contributed by atoms with Crippen LogP contribution in [0.1, 0.15) is 0 Å². The SMILES string of the molecule is C=CC(=O)Sc1ccc(-c2ccc3cc(-c4ccc(SC(=O)C=C)cc4F)ccc3c2)cc1. The van der Waals surface area contributed by atoms with Gasteiger partial charge in [0.2, 0.25) is 10.2 Å². The molecule has 0 atom stereocenters. The molecule has 33 heavy (non-hydrogen) atoms. The van der Waals surface area contributed by atoms with Crippen LogP contribution in [-0.2, 0) is 9.59 Å². The summed E-state index contributed by atoms with van der Waals surface area (Å²) in [6.45, 7) is 6.93. The van der Waals surface area contributed by atoms with E-state index in [9.17, 15) is 14.0 Å². The highest BCUT2D eigenvalue weighted by molar-refractivity contribution is 8.14. The van der Waals surface area contributed by atoms with Crippen molar-refractivity contribution in [1.82, 2.24) is 0 Å². The molecule has 0 fully saturated rings. The smallest absolute Gasteiger partial charge is 0.216 e.